The van der Waals surface area contributed by atoms with Crippen LogP contribution in [0.1, 0.15) is 24.8 Å². The number of benzene rings is 1. The molecule has 0 aromatic heterocycles. The first-order valence-electron chi connectivity index (χ1n) is 7.75. The number of rotatable bonds is 6. The van der Waals surface area contributed by atoms with E-state index >= 15 is 0 Å². The Bertz CT molecular complexity index is 709. The van der Waals surface area contributed by atoms with Crippen molar-refractivity contribution in [1.29, 1.82) is 0 Å². The molecule has 0 bridgehead atoms. The Morgan fingerprint density at radius 2 is 2.09 bits per heavy atom. The first-order valence-corrected chi connectivity index (χ1v) is 9.19. The van der Waals surface area contributed by atoms with Crippen LogP contribution in [0.2, 0.25) is 0 Å². The molecular formula is C15H20N2O5S. The summed E-state index contributed by atoms with van der Waals surface area (Å²) in [7, 11) is -3.90. The Hall–Kier alpha value is -1.51. The van der Waals surface area contributed by atoms with Crippen LogP contribution in [0.3, 0.4) is 0 Å². The molecule has 1 atom stereocenters. The largest absolute Gasteiger partial charge is 0.381 e. The van der Waals surface area contributed by atoms with Crippen molar-refractivity contribution < 1.29 is 18.1 Å². The molecule has 0 unspecified atom stereocenters. The smallest absolute Gasteiger partial charge is 0.289 e. The van der Waals surface area contributed by atoms with Crippen LogP contribution in [0.25, 0.3) is 0 Å². The summed E-state index contributed by atoms with van der Waals surface area (Å²) >= 11 is 0. The molecule has 23 heavy (non-hydrogen) atoms. The third kappa shape index (κ3) is 3.24. The maximum atomic E-state index is 13.1. The standard InChI is InChI=1S/C15H20N2O5S/c1-11-3-2-4-14(17(18)19)15(11)23(20,21)16(13-5-6-13)9-12-7-8-22-10-12/h2-4,12-13H,5-10H2,1H3/t12-/m0/s1. The molecule has 0 amide bonds. The zero-order chi connectivity index (χ0) is 16.6. The molecule has 1 aliphatic carbocycles. The molecule has 2 aliphatic rings. The van der Waals surface area contributed by atoms with Gasteiger partial charge in [-0.25, -0.2) is 8.42 Å². The predicted octanol–water partition coefficient (Wildman–Crippen LogP) is 2.09. The molecule has 1 saturated carbocycles. The normalized spacial score (nSPS) is 21.7. The Kier molecular flexibility index (Phi) is 4.39. The van der Waals surface area contributed by atoms with Crippen LogP contribution >= 0.6 is 0 Å². The van der Waals surface area contributed by atoms with E-state index in [0.717, 1.165) is 19.3 Å². The summed E-state index contributed by atoms with van der Waals surface area (Å²) in [6, 6.07) is 4.33. The maximum absolute atomic E-state index is 13.1. The lowest BCUT2D eigenvalue weighted by Crippen LogP contribution is -2.38. The van der Waals surface area contributed by atoms with Gasteiger partial charge in [-0.1, -0.05) is 12.1 Å². The van der Waals surface area contributed by atoms with Crippen LogP contribution in [0, 0.1) is 23.0 Å². The van der Waals surface area contributed by atoms with Gasteiger partial charge in [0, 0.05) is 25.3 Å². The topological polar surface area (TPSA) is 89.8 Å². The number of ether oxygens (including phenoxy) is 1. The van der Waals surface area contributed by atoms with Crippen molar-refractivity contribution in [2.24, 2.45) is 5.92 Å². The molecule has 1 aromatic carbocycles. The summed E-state index contributed by atoms with van der Waals surface area (Å²) in [4.78, 5) is 10.5. The van der Waals surface area contributed by atoms with Crippen LogP contribution in [-0.2, 0) is 14.8 Å². The van der Waals surface area contributed by atoms with Gasteiger partial charge >= 0.3 is 0 Å². The molecule has 1 saturated heterocycles. The highest BCUT2D eigenvalue weighted by molar-refractivity contribution is 7.89. The highest BCUT2D eigenvalue weighted by Gasteiger charge is 2.42. The molecule has 0 N–H and O–H groups in total. The SMILES string of the molecule is Cc1cccc([N+](=O)[O-])c1S(=O)(=O)N(C[C@@H]1CCOC1)C1CC1. The summed E-state index contributed by atoms with van der Waals surface area (Å²) in [5.74, 6) is 0.161. The highest BCUT2D eigenvalue weighted by atomic mass is 32.2. The molecule has 8 heteroatoms. The van der Waals surface area contributed by atoms with Gasteiger partial charge in [0.25, 0.3) is 5.69 Å². The van der Waals surface area contributed by atoms with Crippen LogP contribution in [0.15, 0.2) is 23.1 Å². The molecule has 1 aliphatic heterocycles. The molecule has 3 rings (SSSR count). The molecule has 2 fully saturated rings. The Morgan fingerprint density at radius 1 is 1.35 bits per heavy atom. The van der Waals surface area contributed by atoms with Crippen molar-refractivity contribution in [2.75, 3.05) is 19.8 Å². The fourth-order valence-corrected chi connectivity index (χ4v) is 5.15. The lowest BCUT2D eigenvalue weighted by atomic mass is 10.1. The minimum absolute atomic E-state index is 0.0418. The van der Waals surface area contributed by atoms with Gasteiger partial charge in [0.2, 0.25) is 10.0 Å². The van der Waals surface area contributed by atoms with E-state index in [9.17, 15) is 18.5 Å². The summed E-state index contributed by atoms with van der Waals surface area (Å²) in [6.45, 7) is 3.17. The molecule has 126 valence electrons. The third-order valence-electron chi connectivity index (χ3n) is 4.37. The predicted molar refractivity (Wildman–Crippen MR) is 83.7 cm³/mol. The van der Waals surface area contributed by atoms with Crippen LogP contribution in [0.5, 0.6) is 0 Å². The van der Waals surface area contributed by atoms with E-state index in [1.165, 1.54) is 16.4 Å². The van der Waals surface area contributed by atoms with Crippen molar-refractivity contribution in [3.8, 4) is 0 Å². The number of hydrogen-bond donors (Lipinski definition) is 0. The van der Waals surface area contributed by atoms with E-state index in [1.807, 2.05) is 0 Å². The van der Waals surface area contributed by atoms with E-state index < -0.39 is 14.9 Å². The Labute approximate surface area is 135 Å². The van der Waals surface area contributed by atoms with Gasteiger partial charge in [0.05, 0.1) is 11.5 Å². The fourth-order valence-electron chi connectivity index (χ4n) is 3.02. The van der Waals surface area contributed by atoms with Gasteiger partial charge in [-0.3, -0.25) is 10.1 Å². The average Bonchev–Trinajstić information content (AvgIpc) is 3.19. The molecule has 0 radical (unpaired) electrons. The zero-order valence-corrected chi connectivity index (χ0v) is 13.8. The molecule has 1 heterocycles. The number of sulfonamides is 1. The summed E-state index contributed by atoms with van der Waals surface area (Å²) < 4.78 is 33.0. The van der Waals surface area contributed by atoms with Gasteiger partial charge in [0.15, 0.2) is 4.90 Å². The highest BCUT2D eigenvalue weighted by Crippen LogP contribution is 2.37. The van der Waals surface area contributed by atoms with Crippen molar-refractivity contribution >= 4 is 15.7 Å². The Morgan fingerprint density at radius 3 is 2.65 bits per heavy atom. The summed E-state index contributed by atoms with van der Waals surface area (Å²) in [5, 5.41) is 11.3. The fraction of sp³-hybridized carbons (Fsp3) is 0.600. The van der Waals surface area contributed by atoms with Crippen molar-refractivity contribution in [2.45, 2.75) is 37.1 Å². The number of nitro benzene ring substituents is 1. The minimum Gasteiger partial charge on any atom is -0.381 e. The summed E-state index contributed by atoms with van der Waals surface area (Å²) in [6.07, 6.45) is 2.45. The average molecular weight is 340 g/mol. The minimum atomic E-state index is -3.90. The van der Waals surface area contributed by atoms with Crippen LogP contribution < -0.4 is 0 Å². The number of nitrogens with zero attached hydrogens (tertiary/aromatic N) is 2. The van der Waals surface area contributed by atoms with Crippen molar-refractivity contribution in [3.63, 3.8) is 0 Å². The zero-order valence-electron chi connectivity index (χ0n) is 13.0. The second-order valence-corrected chi connectivity index (χ2v) is 8.04. The van der Waals surface area contributed by atoms with Gasteiger partial charge in [-0.05, 0) is 37.7 Å². The van der Waals surface area contributed by atoms with Gasteiger partial charge in [-0.2, -0.15) is 4.31 Å². The number of hydrogen-bond acceptors (Lipinski definition) is 5. The van der Waals surface area contributed by atoms with E-state index in [4.69, 9.17) is 4.74 Å². The van der Waals surface area contributed by atoms with Gasteiger partial charge in [0.1, 0.15) is 0 Å². The van der Waals surface area contributed by atoms with E-state index in [2.05, 4.69) is 0 Å². The second-order valence-electron chi connectivity index (χ2n) is 6.22. The third-order valence-corrected chi connectivity index (χ3v) is 6.48. The number of aryl methyl sites for hydroxylation is 1. The summed E-state index contributed by atoms with van der Waals surface area (Å²) in [5.41, 5.74) is 0.0610. The van der Waals surface area contributed by atoms with Gasteiger partial charge in [-0.15, -0.1) is 0 Å². The lowest BCUT2D eigenvalue weighted by molar-refractivity contribution is -0.387. The molecule has 1 aromatic rings. The van der Waals surface area contributed by atoms with Gasteiger partial charge < -0.3 is 4.74 Å². The lowest BCUT2D eigenvalue weighted by Gasteiger charge is -2.25. The molecule has 7 nitrogen and oxygen atoms in total. The second kappa shape index (κ2) is 6.18. The van der Waals surface area contributed by atoms with E-state index in [0.29, 0.717) is 25.3 Å². The van der Waals surface area contributed by atoms with Crippen LogP contribution in [-0.4, -0.2) is 43.4 Å². The maximum Gasteiger partial charge on any atom is 0.289 e. The van der Waals surface area contributed by atoms with Crippen molar-refractivity contribution in [1.82, 2.24) is 4.31 Å². The van der Waals surface area contributed by atoms with Crippen LogP contribution in [0.4, 0.5) is 5.69 Å². The first kappa shape index (κ1) is 16.4. The quantitative estimate of drug-likeness (QED) is 0.584. The van der Waals surface area contributed by atoms with E-state index in [1.54, 1.807) is 13.0 Å². The Balaban J connectivity index is 2.00. The molecular weight excluding hydrogens is 320 g/mol. The van der Waals surface area contributed by atoms with E-state index in [-0.39, 0.29) is 22.5 Å². The monoisotopic (exact) mass is 340 g/mol. The first-order chi connectivity index (χ1) is 10.9. The molecule has 0 spiro atoms. The van der Waals surface area contributed by atoms with Crippen molar-refractivity contribution in [3.05, 3.63) is 33.9 Å². The number of nitro groups is 1.